The van der Waals surface area contributed by atoms with Crippen LogP contribution in [0.15, 0.2) is 0 Å². The Morgan fingerprint density at radius 2 is 1.47 bits per heavy atom. The average molecular weight is 212 g/mol. The highest BCUT2D eigenvalue weighted by molar-refractivity contribution is 4.90. The lowest BCUT2D eigenvalue weighted by Gasteiger charge is -2.46. The summed E-state index contributed by atoms with van der Waals surface area (Å²) in [6.07, 6.45) is 5.61. The van der Waals surface area contributed by atoms with Crippen molar-refractivity contribution in [3.05, 3.63) is 0 Å². The van der Waals surface area contributed by atoms with Crippen molar-refractivity contribution in [3.8, 4) is 0 Å². The van der Waals surface area contributed by atoms with Gasteiger partial charge in [-0.05, 0) is 41.9 Å². The number of rotatable bonds is 2. The standard InChI is InChI=1S/C14H28.CH4/c1-7-11(2)12-8-13(3,4)10-14(5,6)9-12;/h11-12H,7-10H2,1-6H3;1H4. The molecule has 0 aliphatic heterocycles. The van der Waals surface area contributed by atoms with Gasteiger partial charge in [0.1, 0.15) is 0 Å². The normalized spacial score (nSPS) is 26.8. The third kappa shape index (κ3) is 4.17. The molecule has 1 atom stereocenters. The Labute approximate surface area is 97.8 Å². The zero-order valence-electron chi connectivity index (χ0n) is 11.0. The molecule has 0 aromatic heterocycles. The minimum atomic E-state index is 0. The average Bonchev–Trinajstić information content (AvgIpc) is 1.97. The van der Waals surface area contributed by atoms with Crippen LogP contribution in [0.3, 0.4) is 0 Å². The van der Waals surface area contributed by atoms with Gasteiger partial charge in [0.25, 0.3) is 0 Å². The molecule has 0 heteroatoms. The summed E-state index contributed by atoms with van der Waals surface area (Å²) < 4.78 is 0. The first-order valence-electron chi connectivity index (χ1n) is 6.26. The fourth-order valence-electron chi connectivity index (χ4n) is 3.67. The molecular formula is C15H32. The van der Waals surface area contributed by atoms with Gasteiger partial charge in [-0.25, -0.2) is 0 Å². The summed E-state index contributed by atoms with van der Waals surface area (Å²) >= 11 is 0. The molecule has 0 N–H and O–H groups in total. The zero-order chi connectivity index (χ0) is 11.0. The monoisotopic (exact) mass is 212 g/mol. The van der Waals surface area contributed by atoms with E-state index in [-0.39, 0.29) is 7.43 Å². The molecule has 1 unspecified atom stereocenters. The molecule has 0 radical (unpaired) electrons. The van der Waals surface area contributed by atoms with Crippen LogP contribution in [0, 0.1) is 22.7 Å². The summed E-state index contributed by atoms with van der Waals surface area (Å²) in [4.78, 5) is 0. The molecule has 1 rings (SSSR count). The molecule has 0 saturated heterocycles. The second-order valence-electron chi connectivity index (χ2n) is 7.06. The molecule has 0 amide bonds. The topological polar surface area (TPSA) is 0 Å². The smallest absolute Gasteiger partial charge is 0.0346 e. The highest BCUT2D eigenvalue weighted by atomic mass is 14.4. The molecular weight excluding hydrogens is 180 g/mol. The summed E-state index contributed by atoms with van der Waals surface area (Å²) in [7, 11) is 0. The van der Waals surface area contributed by atoms with Crippen LogP contribution >= 0.6 is 0 Å². The Hall–Kier alpha value is 0. The minimum absolute atomic E-state index is 0. The number of hydrogen-bond acceptors (Lipinski definition) is 0. The molecule has 1 fully saturated rings. The lowest BCUT2D eigenvalue weighted by molar-refractivity contribution is 0.0426. The first-order chi connectivity index (χ1) is 6.26. The first-order valence-corrected chi connectivity index (χ1v) is 6.26. The molecule has 0 nitrogen and oxygen atoms in total. The van der Waals surface area contributed by atoms with Gasteiger partial charge in [-0.15, -0.1) is 0 Å². The molecule has 1 saturated carbocycles. The second kappa shape index (κ2) is 4.89. The summed E-state index contributed by atoms with van der Waals surface area (Å²) in [6, 6.07) is 0. The maximum Gasteiger partial charge on any atom is -0.0346 e. The van der Waals surface area contributed by atoms with E-state index >= 15 is 0 Å². The Kier molecular flexibility index (Phi) is 4.89. The van der Waals surface area contributed by atoms with Crippen LogP contribution in [0.1, 0.15) is 74.7 Å². The van der Waals surface area contributed by atoms with E-state index in [9.17, 15) is 0 Å². The Balaban J connectivity index is 0.00000196. The SMILES string of the molecule is C.CCC(C)C1CC(C)(C)CC(C)(C)C1. The second-order valence-corrected chi connectivity index (χ2v) is 7.06. The molecule has 1 aliphatic rings. The molecule has 1 aliphatic carbocycles. The summed E-state index contributed by atoms with van der Waals surface area (Å²) in [5.74, 6) is 1.87. The van der Waals surface area contributed by atoms with Crippen molar-refractivity contribution < 1.29 is 0 Å². The fraction of sp³-hybridized carbons (Fsp3) is 1.00. The number of hydrogen-bond donors (Lipinski definition) is 0. The van der Waals surface area contributed by atoms with E-state index in [1.165, 1.54) is 25.7 Å². The van der Waals surface area contributed by atoms with Crippen molar-refractivity contribution >= 4 is 0 Å². The van der Waals surface area contributed by atoms with Gasteiger partial charge in [-0.3, -0.25) is 0 Å². The maximum atomic E-state index is 2.45. The van der Waals surface area contributed by atoms with E-state index in [0.29, 0.717) is 10.8 Å². The largest absolute Gasteiger partial charge is 0.0776 e. The minimum Gasteiger partial charge on any atom is -0.0776 e. The summed E-state index contributed by atoms with van der Waals surface area (Å²) in [5, 5.41) is 0. The van der Waals surface area contributed by atoms with Crippen molar-refractivity contribution in [3.63, 3.8) is 0 Å². The quantitative estimate of drug-likeness (QED) is 0.565. The van der Waals surface area contributed by atoms with Crippen molar-refractivity contribution in [1.82, 2.24) is 0 Å². The van der Waals surface area contributed by atoms with Gasteiger partial charge in [-0.2, -0.15) is 0 Å². The molecule has 0 heterocycles. The Morgan fingerprint density at radius 3 is 1.80 bits per heavy atom. The van der Waals surface area contributed by atoms with Gasteiger partial charge < -0.3 is 0 Å². The van der Waals surface area contributed by atoms with Crippen molar-refractivity contribution in [2.75, 3.05) is 0 Å². The van der Waals surface area contributed by atoms with E-state index in [4.69, 9.17) is 0 Å². The van der Waals surface area contributed by atoms with Crippen LogP contribution in [0.4, 0.5) is 0 Å². The molecule has 92 valence electrons. The molecule has 0 bridgehead atoms. The lowest BCUT2D eigenvalue weighted by atomic mass is 9.59. The molecule has 15 heavy (non-hydrogen) atoms. The van der Waals surface area contributed by atoms with E-state index in [1.54, 1.807) is 0 Å². The fourth-order valence-corrected chi connectivity index (χ4v) is 3.67. The van der Waals surface area contributed by atoms with Crippen LogP contribution in [-0.4, -0.2) is 0 Å². The summed E-state index contributed by atoms with van der Waals surface area (Å²) in [6.45, 7) is 14.6. The van der Waals surface area contributed by atoms with Crippen molar-refractivity contribution in [2.45, 2.75) is 74.7 Å². The first kappa shape index (κ1) is 15.0. The van der Waals surface area contributed by atoms with Crippen LogP contribution in [-0.2, 0) is 0 Å². The predicted octanol–water partition coefficient (Wildman–Crippen LogP) is 5.52. The highest BCUT2D eigenvalue weighted by Crippen LogP contribution is 2.50. The van der Waals surface area contributed by atoms with Crippen molar-refractivity contribution in [1.29, 1.82) is 0 Å². The summed E-state index contributed by atoms with van der Waals surface area (Å²) in [5.41, 5.74) is 1.13. The molecule has 0 spiro atoms. The van der Waals surface area contributed by atoms with Crippen LogP contribution in [0.2, 0.25) is 0 Å². The van der Waals surface area contributed by atoms with E-state index < -0.39 is 0 Å². The van der Waals surface area contributed by atoms with Crippen LogP contribution in [0.25, 0.3) is 0 Å². The van der Waals surface area contributed by atoms with Gasteiger partial charge in [-0.1, -0.05) is 55.4 Å². The van der Waals surface area contributed by atoms with Crippen molar-refractivity contribution in [2.24, 2.45) is 22.7 Å². The Morgan fingerprint density at radius 1 is 1.07 bits per heavy atom. The van der Waals surface area contributed by atoms with E-state index in [2.05, 4.69) is 41.5 Å². The van der Waals surface area contributed by atoms with E-state index in [1.807, 2.05) is 0 Å². The van der Waals surface area contributed by atoms with Gasteiger partial charge in [0.05, 0.1) is 0 Å². The maximum absolute atomic E-state index is 2.45. The van der Waals surface area contributed by atoms with Gasteiger partial charge >= 0.3 is 0 Å². The van der Waals surface area contributed by atoms with Crippen LogP contribution < -0.4 is 0 Å². The third-order valence-corrected chi connectivity index (χ3v) is 4.04. The van der Waals surface area contributed by atoms with Gasteiger partial charge in [0.2, 0.25) is 0 Å². The van der Waals surface area contributed by atoms with Gasteiger partial charge in [0, 0.05) is 0 Å². The highest BCUT2D eigenvalue weighted by Gasteiger charge is 2.39. The molecule has 0 aromatic carbocycles. The van der Waals surface area contributed by atoms with E-state index in [0.717, 1.165) is 11.8 Å². The lowest BCUT2D eigenvalue weighted by Crippen LogP contribution is -2.36. The zero-order valence-corrected chi connectivity index (χ0v) is 11.0. The van der Waals surface area contributed by atoms with Gasteiger partial charge in [0.15, 0.2) is 0 Å². The van der Waals surface area contributed by atoms with Crippen LogP contribution in [0.5, 0.6) is 0 Å². The Bertz CT molecular complexity index is 172. The third-order valence-electron chi connectivity index (χ3n) is 4.04. The predicted molar refractivity (Wildman–Crippen MR) is 71.1 cm³/mol. The molecule has 0 aromatic rings.